The van der Waals surface area contributed by atoms with Crippen LogP contribution in [-0.2, 0) is 4.79 Å². The smallest absolute Gasteiger partial charge is 0.288 e. The highest BCUT2D eigenvalue weighted by Crippen LogP contribution is 2.26. The van der Waals surface area contributed by atoms with Crippen molar-refractivity contribution in [1.29, 1.82) is 0 Å². The standard InChI is InChI=1S/C24H20ClN5O4/c1-3-34-18-8-6-17(7-9-18)29-27-21-12-15(2)20(14-22(21)28-29)26-24(31)11-5-16-4-10-19(25)23(13-16)30(32)33/h4-14H,3H2,1-2H3,(H,26,31). The fourth-order valence-electron chi connectivity index (χ4n) is 3.28. The Balaban J connectivity index is 1.52. The molecule has 4 aromatic rings. The summed E-state index contributed by atoms with van der Waals surface area (Å²) in [5.74, 6) is 0.379. The van der Waals surface area contributed by atoms with E-state index in [-0.39, 0.29) is 16.6 Å². The highest BCUT2D eigenvalue weighted by atomic mass is 35.5. The first-order chi connectivity index (χ1) is 16.3. The van der Waals surface area contributed by atoms with Crippen LogP contribution in [0.15, 0.2) is 60.7 Å². The van der Waals surface area contributed by atoms with Crippen molar-refractivity contribution in [1.82, 2.24) is 15.0 Å². The number of hydrogen-bond acceptors (Lipinski definition) is 6. The molecule has 34 heavy (non-hydrogen) atoms. The highest BCUT2D eigenvalue weighted by Gasteiger charge is 2.13. The third-order valence-corrected chi connectivity index (χ3v) is 5.28. The molecule has 0 aliphatic carbocycles. The molecule has 0 unspecified atom stereocenters. The zero-order chi connectivity index (χ0) is 24.2. The molecule has 0 atom stereocenters. The number of nitrogens with one attached hydrogen (secondary N) is 1. The van der Waals surface area contributed by atoms with Crippen LogP contribution in [-0.4, -0.2) is 32.4 Å². The third-order valence-electron chi connectivity index (χ3n) is 4.96. The molecular formula is C24H20ClN5O4. The molecule has 3 aromatic carbocycles. The minimum atomic E-state index is -0.571. The summed E-state index contributed by atoms with van der Waals surface area (Å²) < 4.78 is 5.46. The Morgan fingerprint density at radius 1 is 1.15 bits per heavy atom. The van der Waals surface area contributed by atoms with Crippen molar-refractivity contribution in [2.45, 2.75) is 13.8 Å². The van der Waals surface area contributed by atoms with Gasteiger partial charge in [0.25, 0.3) is 5.69 Å². The predicted octanol–water partition coefficient (Wildman–Crippen LogP) is 5.34. The number of rotatable bonds is 7. The summed E-state index contributed by atoms with van der Waals surface area (Å²) in [6, 6.07) is 15.4. The number of aryl methyl sites for hydroxylation is 1. The van der Waals surface area contributed by atoms with Crippen molar-refractivity contribution >= 4 is 46.0 Å². The zero-order valence-corrected chi connectivity index (χ0v) is 19.1. The maximum Gasteiger partial charge on any atom is 0.288 e. The Labute approximate surface area is 199 Å². The summed E-state index contributed by atoms with van der Waals surface area (Å²) in [5, 5.41) is 22.9. The third kappa shape index (κ3) is 5.05. The van der Waals surface area contributed by atoms with Crippen LogP contribution in [0, 0.1) is 17.0 Å². The number of amides is 1. The van der Waals surface area contributed by atoms with Gasteiger partial charge in [0.15, 0.2) is 0 Å². The molecule has 1 heterocycles. The van der Waals surface area contributed by atoms with E-state index in [4.69, 9.17) is 16.3 Å². The molecule has 0 aliphatic heterocycles. The molecule has 0 radical (unpaired) electrons. The normalized spacial score (nSPS) is 11.1. The molecule has 0 aliphatic rings. The average Bonchev–Trinajstić information content (AvgIpc) is 3.22. The van der Waals surface area contributed by atoms with Crippen LogP contribution in [0.4, 0.5) is 11.4 Å². The maximum absolute atomic E-state index is 12.5. The predicted molar refractivity (Wildman–Crippen MR) is 131 cm³/mol. The first kappa shape index (κ1) is 22.9. The van der Waals surface area contributed by atoms with Gasteiger partial charge in [0, 0.05) is 17.8 Å². The second kappa shape index (κ2) is 9.72. The van der Waals surface area contributed by atoms with E-state index < -0.39 is 4.92 Å². The van der Waals surface area contributed by atoms with Crippen LogP contribution >= 0.6 is 11.6 Å². The van der Waals surface area contributed by atoms with Gasteiger partial charge in [-0.3, -0.25) is 14.9 Å². The lowest BCUT2D eigenvalue weighted by molar-refractivity contribution is -0.384. The summed E-state index contributed by atoms with van der Waals surface area (Å²) in [5.41, 5.74) is 3.75. The largest absolute Gasteiger partial charge is 0.494 e. The van der Waals surface area contributed by atoms with Gasteiger partial charge in [-0.15, -0.1) is 10.2 Å². The van der Waals surface area contributed by atoms with Gasteiger partial charge in [0.2, 0.25) is 5.91 Å². The van der Waals surface area contributed by atoms with Crippen LogP contribution in [0.5, 0.6) is 5.75 Å². The van der Waals surface area contributed by atoms with Crippen molar-refractivity contribution in [3.05, 3.63) is 86.9 Å². The molecular weight excluding hydrogens is 458 g/mol. The van der Waals surface area contributed by atoms with E-state index in [9.17, 15) is 14.9 Å². The fraction of sp³-hybridized carbons (Fsp3) is 0.125. The van der Waals surface area contributed by atoms with Gasteiger partial charge >= 0.3 is 0 Å². The van der Waals surface area contributed by atoms with Crippen molar-refractivity contribution in [3.8, 4) is 11.4 Å². The number of anilines is 1. The number of nitro benzene ring substituents is 1. The van der Waals surface area contributed by atoms with E-state index in [1.54, 1.807) is 12.1 Å². The molecule has 1 amide bonds. The van der Waals surface area contributed by atoms with Gasteiger partial charge in [-0.1, -0.05) is 17.7 Å². The number of hydrogen-bond donors (Lipinski definition) is 1. The van der Waals surface area contributed by atoms with E-state index in [1.165, 1.54) is 29.1 Å². The minimum Gasteiger partial charge on any atom is -0.494 e. The Morgan fingerprint density at radius 3 is 2.53 bits per heavy atom. The number of fused-ring (bicyclic) bond motifs is 1. The molecule has 0 saturated carbocycles. The number of nitro groups is 1. The van der Waals surface area contributed by atoms with E-state index in [0.29, 0.717) is 28.9 Å². The van der Waals surface area contributed by atoms with Gasteiger partial charge in [0.1, 0.15) is 21.8 Å². The minimum absolute atomic E-state index is 0.0359. The van der Waals surface area contributed by atoms with Crippen molar-refractivity contribution in [3.63, 3.8) is 0 Å². The van der Waals surface area contributed by atoms with Gasteiger partial charge in [0.05, 0.1) is 17.2 Å². The molecule has 4 rings (SSSR count). The zero-order valence-electron chi connectivity index (χ0n) is 18.4. The molecule has 0 saturated heterocycles. The quantitative estimate of drug-likeness (QED) is 0.218. The molecule has 9 nitrogen and oxygen atoms in total. The Kier molecular flexibility index (Phi) is 6.55. The molecule has 1 aromatic heterocycles. The molecule has 1 N–H and O–H groups in total. The Hall–Kier alpha value is -4.24. The van der Waals surface area contributed by atoms with E-state index in [1.807, 2.05) is 44.2 Å². The number of carbonyl (C=O) groups is 1. The molecule has 0 bridgehead atoms. The van der Waals surface area contributed by atoms with Crippen molar-refractivity contribution < 1.29 is 14.5 Å². The van der Waals surface area contributed by atoms with E-state index in [0.717, 1.165) is 17.0 Å². The maximum atomic E-state index is 12.5. The van der Waals surface area contributed by atoms with Gasteiger partial charge in [-0.05, 0) is 73.5 Å². The number of halogens is 1. The topological polar surface area (TPSA) is 112 Å². The van der Waals surface area contributed by atoms with Crippen LogP contribution in [0.2, 0.25) is 5.02 Å². The summed E-state index contributed by atoms with van der Waals surface area (Å²) in [7, 11) is 0. The molecule has 0 fully saturated rings. The van der Waals surface area contributed by atoms with E-state index in [2.05, 4.69) is 15.5 Å². The Bertz CT molecular complexity index is 1410. The number of carbonyl (C=O) groups excluding carboxylic acids is 1. The number of nitrogens with zero attached hydrogens (tertiary/aromatic N) is 4. The van der Waals surface area contributed by atoms with Crippen LogP contribution in [0.25, 0.3) is 22.8 Å². The first-order valence-electron chi connectivity index (χ1n) is 10.4. The first-order valence-corrected chi connectivity index (χ1v) is 10.8. The summed E-state index contributed by atoms with van der Waals surface area (Å²) in [6.07, 6.45) is 2.78. The number of ether oxygens (including phenoxy) is 1. The van der Waals surface area contributed by atoms with Crippen LogP contribution in [0.3, 0.4) is 0 Å². The lowest BCUT2D eigenvalue weighted by atomic mass is 10.1. The molecule has 172 valence electrons. The summed E-state index contributed by atoms with van der Waals surface area (Å²) >= 11 is 5.82. The summed E-state index contributed by atoms with van der Waals surface area (Å²) in [6.45, 7) is 4.37. The number of benzene rings is 3. The second-order valence-electron chi connectivity index (χ2n) is 7.36. The highest BCUT2D eigenvalue weighted by molar-refractivity contribution is 6.32. The molecule has 0 spiro atoms. The van der Waals surface area contributed by atoms with Crippen LogP contribution in [0.1, 0.15) is 18.1 Å². The lowest BCUT2D eigenvalue weighted by Crippen LogP contribution is -2.09. The summed E-state index contributed by atoms with van der Waals surface area (Å²) in [4.78, 5) is 24.4. The lowest BCUT2D eigenvalue weighted by Gasteiger charge is -2.05. The van der Waals surface area contributed by atoms with Gasteiger partial charge in [-0.2, -0.15) is 4.80 Å². The monoisotopic (exact) mass is 477 g/mol. The molecule has 10 heteroatoms. The van der Waals surface area contributed by atoms with E-state index >= 15 is 0 Å². The fourth-order valence-corrected chi connectivity index (χ4v) is 3.47. The average molecular weight is 478 g/mol. The van der Waals surface area contributed by atoms with Gasteiger partial charge < -0.3 is 10.1 Å². The van der Waals surface area contributed by atoms with Crippen molar-refractivity contribution in [2.75, 3.05) is 11.9 Å². The number of aromatic nitrogens is 3. The van der Waals surface area contributed by atoms with Gasteiger partial charge in [-0.25, -0.2) is 0 Å². The van der Waals surface area contributed by atoms with Crippen molar-refractivity contribution in [2.24, 2.45) is 0 Å². The second-order valence-corrected chi connectivity index (χ2v) is 7.77. The van der Waals surface area contributed by atoms with Crippen LogP contribution < -0.4 is 10.1 Å². The Morgan fingerprint density at radius 2 is 1.85 bits per heavy atom. The SMILES string of the molecule is CCOc1ccc(-n2nc3cc(C)c(NC(=O)C=Cc4ccc(Cl)c([N+](=O)[O-])c4)cc3n2)cc1.